The second kappa shape index (κ2) is 5.14. The molecule has 0 radical (unpaired) electrons. The molecule has 0 aliphatic rings. The van der Waals surface area contributed by atoms with E-state index in [1.54, 1.807) is 13.1 Å². The fraction of sp³-hybridized carbons (Fsp3) is 0.214. The minimum Gasteiger partial charge on any atom is -0.464 e. The van der Waals surface area contributed by atoms with E-state index in [0.29, 0.717) is 12.3 Å². The van der Waals surface area contributed by atoms with Crippen molar-refractivity contribution in [3.63, 3.8) is 0 Å². The number of aryl methyl sites for hydroxylation is 1. The highest BCUT2D eigenvalue weighted by Gasteiger charge is 2.17. The van der Waals surface area contributed by atoms with E-state index >= 15 is 0 Å². The lowest BCUT2D eigenvalue weighted by Gasteiger charge is -2.17. The minimum absolute atomic E-state index is 0.130. The topological polar surface area (TPSA) is 59.5 Å². The van der Waals surface area contributed by atoms with E-state index in [2.05, 4.69) is 0 Å². The summed E-state index contributed by atoms with van der Waals surface area (Å²) in [5, 5.41) is 0. The van der Waals surface area contributed by atoms with E-state index in [9.17, 15) is 9.18 Å². The quantitative estimate of drug-likeness (QED) is 0.865. The predicted molar refractivity (Wildman–Crippen MR) is 70.1 cm³/mol. The highest BCUT2D eigenvalue weighted by molar-refractivity contribution is 5.99. The molecule has 100 valence electrons. The molecular weight excluding hydrogens is 247 g/mol. The van der Waals surface area contributed by atoms with Crippen LogP contribution in [-0.4, -0.2) is 17.9 Å². The maximum absolute atomic E-state index is 13.3. The second-order valence-corrected chi connectivity index (χ2v) is 4.37. The zero-order valence-electron chi connectivity index (χ0n) is 10.8. The number of furan rings is 1. The summed E-state index contributed by atoms with van der Waals surface area (Å²) < 4.78 is 18.7. The number of benzene rings is 1. The van der Waals surface area contributed by atoms with Gasteiger partial charge in [-0.05, 0) is 31.2 Å². The van der Waals surface area contributed by atoms with E-state index in [1.807, 2.05) is 13.0 Å². The number of nitrogens with zero attached hydrogens (tertiary/aromatic N) is 1. The van der Waals surface area contributed by atoms with Crippen LogP contribution >= 0.6 is 0 Å². The molecule has 0 spiro atoms. The van der Waals surface area contributed by atoms with Crippen molar-refractivity contribution in [2.45, 2.75) is 13.5 Å². The summed E-state index contributed by atoms with van der Waals surface area (Å²) in [4.78, 5) is 13.6. The Kier molecular flexibility index (Phi) is 3.55. The summed E-state index contributed by atoms with van der Waals surface area (Å²) in [6.45, 7) is 2.14. The Hall–Kier alpha value is -2.30. The summed E-state index contributed by atoms with van der Waals surface area (Å²) in [7, 11) is 1.62. The number of nitrogen functional groups attached to an aromatic ring is 1. The normalized spacial score (nSPS) is 10.5. The Morgan fingerprint density at radius 1 is 1.37 bits per heavy atom. The number of nitrogens with two attached hydrogens (primary N) is 1. The number of para-hydroxylation sites is 1. The van der Waals surface area contributed by atoms with Crippen molar-refractivity contribution in [3.05, 3.63) is 53.2 Å². The molecule has 0 atom stereocenters. The minimum atomic E-state index is -0.590. The van der Waals surface area contributed by atoms with E-state index < -0.39 is 5.82 Å². The lowest BCUT2D eigenvalue weighted by molar-refractivity contribution is 0.0775. The van der Waals surface area contributed by atoms with Crippen LogP contribution in [0.4, 0.5) is 10.1 Å². The van der Waals surface area contributed by atoms with Gasteiger partial charge in [0.2, 0.25) is 0 Å². The molecule has 5 heteroatoms. The van der Waals surface area contributed by atoms with E-state index in [1.165, 1.54) is 23.1 Å². The molecule has 2 aromatic rings. The highest BCUT2D eigenvalue weighted by Crippen LogP contribution is 2.18. The number of amides is 1. The molecule has 1 amide bonds. The van der Waals surface area contributed by atoms with Crippen LogP contribution in [0.1, 0.15) is 21.9 Å². The van der Waals surface area contributed by atoms with Crippen LogP contribution in [0, 0.1) is 12.7 Å². The zero-order chi connectivity index (χ0) is 14.0. The maximum atomic E-state index is 13.3. The highest BCUT2D eigenvalue weighted by atomic mass is 19.1. The number of halogens is 1. The van der Waals surface area contributed by atoms with Gasteiger partial charge >= 0.3 is 0 Å². The van der Waals surface area contributed by atoms with Gasteiger partial charge in [-0.2, -0.15) is 0 Å². The third-order valence-corrected chi connectivity index (χ3v) is 2.82. The molecule has 0 fully saturated rings. The van der Waals surface area contributed by atoms with Crippen LogP contribution in [0.15, 0.2) is 34.7 Å². The standard InChI is InChI=1S/C14H15FN2O2/c1-9-6-7-10(19-9)8-17(2)14(18)11-4-3-5-12(15)13(11)16/h3-7H,8,16H2,1-2H3. The Balaban J connectivity index is 2.17. The smallest absolute Gasteiger partial charge is 0.256 e. The largest absolute Gasteiger partial charge is 0.464 e. The fourth-order valence-corrected chi connectivity index (χ4v) is 1.80. The maximum Gasteiger partial charge on any atom is 0.256 e. The first-order chi connectivity index (χ1) is 8.99. The van der Waals surface area contributed by atoms with Crippen molar-refractivity contribution in [2.75, 3.05) is 12.8 Å². The number of carbonyl (C=O) groups is 1. The van der Waals surface area contributed by atoms with Gasteiger partial charge in [-0.1, -0.05) is 6.07 Å². The molecule has 4 nitrogen and oxygen atoms in total. The average Bonchev–Trinajstić information content (AvgIpc) is 2.77. The number of carbonyl (C=O) groups excluding carboxylic acids is 1. The van der Waals surface area contributed by atoms with Crippen molar-refractivity contribution < 1.29 is 13.6 Å². The molecule has 1 aromatic carbocycles. The van der Waals surface area contributed by atoms with E-state index in [4.69, 9.17) is 10.2 Å². The zero-order valence-corrected chi connectivity index (χ0v) is 10.8. The Morgan fingerprint density at radius 3 is 2.74 bits per heavy atom. The lowest BCUT2D eigenvalue weighted by atomic mass is 10.1. The van der Waals surface area contributed by atoms with Gasteiger partial charge < -0.3 is 15.1 Å². The molecule has 1 aromatic heterocycles. The predicted octanol–water partition coefficient (Wildman–Crippen LogP) is 2.58. The number of rotatable bonds is 3. The first-order valence-corrected chi connectivity index (χ1v) is 5.84. The number of hydrogen-bond acceptors (Lipinski definition) is 3. The van der Waals surface area contributed by atoms with E-state index in [0.717, 1.165) is 5.76 Å². The summed E-state index contributed by atoms with van der Waals surface area (Å²) in [6.07, 6.45) is 0. The molecule has 1 heterocycles. The van der Waals surface area contributed by atoms with Crippen LogP contribution < -0.4 is 5.73 Å². The third-order valence-electron chi connectivity index (χ3n) is 2.82. The van der Waals surface area contributed by atoms with Gasteiger partial charge in [-0.3, -0.25) is 4.79 Å². The number of anilines is 1. The Bertz CT molecular complexity index is 607. The van der Waals surface area contributed by atoms with Crippen molar-refractivity contribution in [2.24, 2.45) is 0 Å². The van der Waals surface area contributed by atoms with Gasteiger partial charge in [0.1, 0.15) is 17.3 Å². The molecular formula is C14H15FN2O2. The molecule has 0 saturated carbocycles. The summed E-state index contributed by atoms with van der Waals surface area (Å²) in [5.74, 6) is 0.517. The molecule has 0 unspecified atom stereocenters. The lowest BCUT2D eigenvalue weighted by Crippen LogP contribution is -2.27. The molecule has 0 saturated heterocycles. The van der Waals surface area contributed by atoms with Crippen LogP contribution in [0.5, 0.6) is 0 Å². The molecule has 0 aliphatic heterocycles. The summed E-state index contributed by atoms with van der Waals surface area (Å²) >= 11 is 0. The first kappa shape index (κ1) is 13.1. The Labute approximate surface area is 110 Å². The van der Waals surface area contributed by atoms with E-state index in [-0.39, 0.29) is 17.2 Å². The van der Waals surface area contributed by atoms with Gasteiger partial charge in [-0.25, -0.2) is 4.39 Å². The molecule has 0 bridgehead atoms. The van der Waals surface area contributed by atoms with Crippen molar-refractivity contribution >= 4 is 11.6 Å². The third kappa shape index (κ3) is 2.76. The molecule has 2 N–H and O–H groups in total. The van der Waals surface area contributed by atoms with Gasteiger partial charge in [0.25, 0.3) is 5.91 Å². The molecule has 2 rings (SSSR count). The molecule has 0 aliphatic carbocycles. The summed E-state index contributed by atoms with van der Waals surface area (Å²) in [5.41, 5.74) is 5.60. The van der Waals surface area contributed by atoms with Gasteiger partial charge in [0, 0.05) is 7.05 Å². The second-order valence-electron chi connectivity index (χ2n) is 4.37. The van der Waals surface area contributed by atoms with Crippen molar-refractivity contribution in [3.8, 4) is 0 Å². The van der Waals surface area contributed by atoms with Crippen LogP contribution in [0.3, 0.4) is 0 Å². The first-order valence-electron chi connectivity index (χ1n) is 5.84. The van der Waals surface area contributed by atoms with Gasteiger partial charge in [-0.15, -0.1) is 0 Å². The van der Waals surface area contributed by atoms with Crippen molar-refractivity contribution in [1.29, 1.82) is 0 Å². The monoisotopic (exact) mass is 262 g/mol. The summed E-state index contributed by atoms with van der Waals surface area (Å²) in [6, 6.07) is 7.81. The van der Waals surface area contributed by atoms with Crippen molar-refractivity contribution in [1.82, 2.24) is 4.90 Å². The van der Waals surface area contributed by atoms with Crippen LogP contribution in [-0.2, 0) is 6.54 Å². The van der Waals surface area contributed by atoms with Gasteiger partial charge in [0.15, 0.2) is 0 Å². The van der Waals surface area contributed by atoms with Crippen LogP contribution in [0.25, 0.3) is 0 Å². The van der Waals surface area contributed by atoms with Crippen LogP contribution in [0.2, 0.25) is 0 Å². The fourth-order valence-electron chi connectivity index (χ4n) is 1.80. The van der Waals surface area contributed by atoms with Gasteiger partial charge in [0.05, 0.1) is 17.8 Å². The average molecular weight is 262 g/mol. The number of hydrogen-bond donors (Lipinski definition) is 1. The SMILES string of the molecule is Cc1ccc(CN(C)C(=O)c2cccc(F)c2N)o1. The Morgan fingerprint density at radius 2 is 2.11 bits per heavy atom. The molecule has 19 heavy (non-hydrogen) atoms.